The molecule has 0 unspecified atom stereocenters. The molecule has 0 saturated carbocycles. The van der Waals surface area contributed by atoms with Crippen LogP contribution in [0.2, 0.25) is 0 Å². The molecule has 0 atom stereocenters. The third-order valence-corrected chi connectivity index (χ3v) is 2.77. The molecule has 0 amide bonds. The molecule has 3 rings (SSSR count). The molecule has 0 saturated heterocycles. The molecule has 1 aromatic carbocycles. The summed E-state index contributed by atoms with van der Waals surface area (Å²) in [5.74, 6) is 0.0454. The van der Waals surface area contributed by atoms with Crippen LogP contribution in [0.3, 0.4) is 0 Å². The van der Waals surface area contributed by atoms with Gasteiger partial charge >= 0.3 is 6.09 Å². The van der Waals surface area contributed by atoms with Crippen LogP contribution in [0, 0.1) is 5.82 Å². The fourth-order valence-electron chi connectivity index (χ4n) is 1.91. The van der Waals surface area contributed by atoms with Crippen LogP contribution in [0.1, 0.15) is 0 Å². The zero-order chi connectivity index (χ0) is 14.1. The number of benzene rings is 1. The van der Waals surface area contributed by atoms with Crippen LogP contribution in [0.4, 0.5) is 20.7 Å². The summed E-state index contributed by atoms with van der Waals surface area (Å²) in [5.41, 5.74) is 0.791. The SMILES string of the molecule is O=C(O)n1ccc2c(Nc3cccc(F)c3)ncnc21. The number of hydrogen-bond donors (Lipinski definition) is 2. The quantitative estimate of drug-likeness (QED) is 0.749. The standard InChI is InChI=1S/C13H9FN4O2/c14-8-2-1-3-9(6-8)17-11-10-4-5-18(13(19)20)12(10)16-7-15-11/h1-7H,(H,19,20)(H,15,16,17). The van der Waals surface area contributed by atoms with Crippen molar-refractivity contribution in [2.45, 2.75) is 0 Å². The minimum absolute atomic E-state index is 0.270. The number of nitrogens with one attached hydrogen (secondary N) is 1. The molecule has 2 N–H and O–H groups in total. The van der Waals surface area contributed by atoms with Gasteiger partial charge < -0.3 is 10.4 Å². The number of carboxylic acid groups (broad SMARTS) is 1. The Morgan fingerprint density at radius 2 is 2.15 bits per heavy atom. The largest absolute Gasteiger partial charge is 0.464 e. The summed E-state index contributed by atoms with van der Waals surface area (Å²) in [5, 5.41) is 12.5. The molecule has 0 radical (unpaired) electrons. The molecule has 0 aliphatic heterocycles. The van der Waals surface area contributed by atoms with Crippen molar-refractivity contribution in [1.29, 1.82) is 0 Å². The normalized spacial score (nSPS) is 10.7. The molecule has 6 nitrogen and oxygen atoms in total. The Balaban J connectivity index is 2.06. The van der Waals surface area contributed by atoms with Crippen LogP contribution in [-0.4, -0.2) is 25.7 Å². The number of aromatic nitrogens is 3. The molecule has 0 spiro atoms. The molecule has 3 aromatic rings. The van der Waals surface area contributed by atoms with Gasteiger partial charge in [0.2, 0.25) is 0 Å². The van der Waals surface area contributed by atoms with Crippen LogP contribution < -0.4 is 5.32 Å². The molecule has 100 valence electrons. The van der Waals surface area contributed by atoms with E-state index in [4.69, 9.17) is 5.11 Å². The maximum atomic E-state index is 13.1. The predicted octanol–water partition coefficient (Wildman–Crippen LogP) is 2.84. The first kappa shape index (κ1) is 12.1. The number of rotatable bonds is 2. The van der Waals surface area contributed by atoms with Crippen LogP contribution >= 0.6 is 0 Å². The summed E-state index contributed by atoms with van der Waals surface area (Å²) >= 11 is 0. The molecule has 0 aliphatic carbocycles. The molecular weight excluding hydrogens is 263 g/mol. The highest BCUT2D eigenvalue weighted by molar-refractivity contribution is 5.93. The monoisotopic (exact) mass is 272 g/mol. The van der Waals surface area contributed by atoms with Crippen LogP contribution in [0.15, 0.2) is 42.9 Å². The number of nitrogens with zero attached hydrogens (tertiary/aromatic N) is 3. The van der Waals surface area contributed by atoms with E-state index in [1.165, 1.54) is 24.7 Å². The van der Waals surface area contributed by atoms with Crippen molar-refractivity contribution in [3.8, 4) is 0 Å². The first-order valence-corrected chi connectivity index (χ1v) is 5.73. The van der Waals surface area contributed by atoms with Gasteiger partial charge in [0.1, 0.15) is 18.0 Å². The highest BCUT2D eigenvalue weighted by Crippen LogP contribution is 2.23. The number of fused-ring (bicyclic) bond motifs is 1. The van der Waals surface area contributed by atoms with E-state index < -0.39 is 6.09 Å². The maximum Gasteiger partial charge on any atom is 0.417 e. The van der Waals surface area contributed by atoms with Crippen LogP contribution in [0.25, 0.3) is 11.0 Å². The van der Waals surface area contributed by atoms with E-state index in [1.807, 2.05) is 0 Å². The third kappa shape index (κ3) is 2.05. The molecule has 2 heterocycles. The maximum absolute atomic E-state index is 13.1. The topological polar surface area (TPSA) is 80.0 Å². The van der Waals surface area contributed by atoms with Crippen molar-refractivity contribution < 1.29 is 14.3 Å². The summed E-state index contributed by atoms with van der Waals surface area (Å²) < 4.78 is 14.1. The lowest BCUT2D eigenvalue weighted by Gasteiger charge is -2.06. The molecule has 7 heteroatoms. The Hall–Kier alpha value is -2.96. The van der Waals surface area contributed by atoms with E-state index in [0.29, 0.717) is 16.9 Å². The molecule has 2 aromatic heterocycles. The van der Waals surface area contributed by atoms with Crippen LogP contribution in [-0.2, 0) is 0 Å². The lowest BCUT2D eigenvalue weighted by atomic mass is 10.3. The summed E-state index contributed by atoms with van der Waals surface area (Å²) in [4.78, 5) is 19.0. The van der Waals surface area contributed by atoms with Crippen molar-refractivity contribution >= 4 is 28.6 Å². The van der Waals surface area contributed by atoms with Gasteiger partial charge in [-0.1, -0.05) is 6.07 Å². The second kappa shape index (κ2) is 4.61. The minimum atomic E-state index is -1.13. The molecule has 20 heavy (non-hydrogen) atoms. The number of halogens is 1. The van der Waals surface area contributed by atoms with E-state index in [0.717, 1.165) is 4.57 Å². The average Bonchev–Trinajstić information content (AvgIpc) is 2.84. The van der Waals surface area contributed by atoms with Gasteiger partial charge in [0.05, 0.1) is 5.39 Å². The second-order valence-corrected chi connectivity index (χ2v) is 4.06. The summed E-state index contributed by atoms with van der Waals surface area (Å²) in [6, 6.07) is 7.50. The Bertz CT molecular complexity index is 800. The third-order valence-electron chi connectivity index (χ3n) is 2.77. The van der Waals surface area contributed by atoms with E-state index in [-0.39, 0.29) is 11.5 Å². The first-order valence-electron chi connectivity index (χ1n) is 5.73. The van der Waals surface area contributed by atoms with Gasteiger partial charge in [0.15, 0.2) is 5.65 Å². The average molecular weight is 272 g/mol. The Labute approximate surface area is 112 Å². The van der Waals surface area contributed by atoms with E-state index >= 15 is 0 Å². The number of hydrogen-bond acceptors (Lipinski definition) is 4. The first-order chi connectivity index (χ1) is 9.65. The van der Waals surface area contributed by atoms with Gasteiger partial charge in [-0.2, -0.15) is 0 Å². The van der Waals surface area contributed by atoms with E-state index in [1.54, 1.807) is 18.2 Å². The predicted molar refractivity (Wildman–Crippen MR) is 70.6 cm³/mol. The summed E-state index contributed by atoms with van der Waals surface area (Å²) in [7, 11) is 0. The van der Waals surface area contributed by atoms with Gasteiger partial charge in [-0.15, -0.1) is 0 Å². The Kier molecular flexibility index (Phi) is 2.79. The Morgan fingerprint density at radius 1 is 1.30 bits per heavy atom. The lowest BCUT2D eigenvalue weighted by Crippen LogP contribution is -2.07. The van der Waals surface area contributed by atoms with Gasteiger partial charge in [-0.3, -0.25) is 0 Å². The number of carbonyl (C=O) groups is 1. The van der Waals surface area contributed by atoms with Gasteiger partial charge in [0.25, 0.3) is 0 Å². The zero-order valence-electron chi connectivity index (χ0n) is 10.1. The molecular formula is C13H9FN4O2. The van der Waals surface area contributed by atoms with Crippen molar-refractivity contribution in [2.24, 2.45) is 0 Å². The number of anilines is 2. The van der Waals surface area contributed by atoms with Gasteiger partial charge in [0, 0.05) is 11.9 Å². The van der Waals surface area contributed by atoms with Gasteiger partial charge in [-0.25, -0.2) is 23.7 Å². The fourth-order valence-corrected chi connectivity index (χ4v) is 1.91. The molecule has 0 fully saturated rings. The Morgan fingerprint density at radius 3 is 2.90 bits per heavy atom. The van der Waals surface area contributed by atoms with Gasteiger partial charge in [-0.05, 0) is 24.3 Å². The molecule has 0 aliphatic rings. The zero-order valence-corrected chi connectivity index (χ0v) is 10.1. The summed E-state index contributed by atoms with van der Waals surface area (Å²) in [6.45, 7) is 0. The smallest absolute Gasteiger partial charge is 0.417 e. The van der Waals surface area contributed by atoms with Crippen molar-refractivity contribution in [2.75, 3.05) is 5.32 Å². The van der Waals surface area contributed by atoms with Crippen molar-refractivity contribution in [3.05, 3.63) is 48.7 Å². The van der Waals surface area contributed by atoms with E-state index in [2.05, 4.69) is 15.3 Å². The highest BCUT2D eigenvalue weighted by Gasteiger charge is 2.12. The van der Waals surface area contributed by atoms with Crippen LogP contribution in [0.5, 0.6) is 0 Å². The van der Waals surface area contributed by atoms with E-state index in [9.17, 15) is 9.18 Å². The highest BCUT2D eigenvalue weighted by atomic mass is 19.1. The van der Waals surface area contributed by atoms with Crippen molar-refractivity contribution in [3.63, 3.8) is 0 Å². The summed E-state index contributed by atoms with van der Waals surface area (Å²) in [6.07, 6.45) is 1.51. The molecule has 0 bridgehead atoms. The minimum Gasteiger partial charge on any atom is -0.464 e. The van der Waals surface area contributed by atoms with Crippen molar-refractivity contribution in [1.82, 2.24) is 14.5 Å². The second-order valence-electron chi connectivity index (χ2n) is 4.06. The lowest BCUT2D eigenvalue weighted by molar-refractivity contribution is 0.197. The fraction of sp³-hybridized carbons (Fsp3) is 0.